The van der Waals surface area contributed by atoms with Gasteiger partial charge in [0.05, 0.1) is 6.42 Å². The number of benzene rings is 1. The van der Waals surface area contributed by atoms with Gasteiger partial charge in [-0.25, -0.2) is 4.79 Å². The molecule has 1 atom stereocenters. The molecule has 0 aliphatic heterocycles. The Bertz CT molecular complexity index is 598. The van der Waals surface area contributed by atoms with Gasteiger partial charge >= 0.3 is 18.0 Å². The molecule has 1 aliphatic rings. The molecule has 5 N–H and O–H groups in total. The van der Waals surface area contributed by atoms with E-state index in [0.29, 0.717) is 12.1 Å². The van der Waals surface area contributed by atoms with Crippen molar-refractivity contribution in [3.05, 3.63) is 35.9 Å². The van der Waals surface area contributed by atoms with Crippen molar-refractivity contribution in [1.29, 1.82) is 0 Å². The van der Waals surface area contributed by atoms with Crippen molar-refractivity contribution in [3.8, 4) is 0 Å². The molecule has 1 aromatic carbocycles. The summed E-state index contributed by atoms with van der Waals surface area (Å²) < 4.78 is 9.43. The third-order valence-electron chi connectivity index (χ3n) is 4.44. The fourth-order valence-corrected chi connectivity index (χ4v) is 3.10. The molecule has 1 fully saturated rings. The predicted molar refractivity (Wildman–Crippen MR) is 98.4 cm³/mol. The Morgan fingerprint density at radius 2 is 1.70 bits per heavy atom. The van der Waals surface area contributed by atoms with Crippen LogP contribution in [-0.2, 0) is 19.1 Å². The SMILES string of the molecule is CC(=O)OC(OC(N)=O)c1ccccc1.NCC1(CC(=O)O)CCCCC1. The van der Waals surface area contributed by atoms with Crippen LogP contribution in [0.3, 0.4) is 0 Å². The van der Waals surface area contributed by atoms with Crippen molar-refractivity contribution in [1.82, 2.24) is 0 Å². The van der Waals surface area contributed by atoms with Gasteiger partial charge in [0.2, 0.25) is 0 Å². The first-order valence-electron chi connectivity index (χ1n) is 8.88. The summed E-state index contributed by atoms with van der Waals surface area (Å²) in [6, 6.07) is 8.58. The third-order valence-corrected chi connectivity index (χ3v) is 4.44. The molecule has 1 unspecified atom stereocenters. The van der Waals surface area contributed by atoms with Gasteiger partial charge in [0.15, 0.2) is 0 Å². The summed E-state index contributed by atoms with van der Waals surface area (Å²) >= 11 is 0. The highest BCUT2D eigenvalue weighted by molar-refractivity contribution is 5.68. The number of carbonyl (C=O) groups is 3. The number of carboxylic acid groups (broad SMARTS) is 1. The van der Waals surface area contributed by atoms with Crippen LogP contribution in [0.1, 0.15) is 57.3 Å². The van der Waals surface area contributed by atoms with Crippen LogP contribution in [0.15, 0.2) is 30.3 Å². The van der Waals surface area contributed by atoms with Crippen LogP contribution in [0, 0.1) is 5.41 Å². The number of amides is 1. The van der Waals surface area contributed by atoms with E-state index in [2.05, 4.69) is 4.74 Å². The number of carboxylic acids is 1. The van der Waals surface area contributed by atoms with Crippen molar-refractivity contribution in [2.45, 2.75) is 51.7 Å². The molecule has 0 spiro atoms. The van der Waals surface area contributed by atoms with E-state index in [4.69, 9.17) is 21.3 Å². The van der Waals surface area contributed by atoms with Gasteiger partial charge in [-0.1, -0.05) is 49.6 Å². The number of esters is 1. The van der Waals surface area contributed by atoms with E-state index < -0.39 is 24.3 Å². The number of rotatable bonds is 6. The average Bonchev–Trinajstić information content (AvgIpc) is 2.62. The first-order chi connectivity index (χ1) is 12.8. The predicted octanol–water partition coefficient (Wildman–Crippen LogP) is 2.71. The van der Waals surface area contributed by atoms with Crippen LogP contribution in [-0.4, -0.2) is 29.7 Å². The Labute approximate surface area is 158 Å². The topological polar surface area (TPSA) is 142 Å². The molecule has 27 heavy (non-hydrogen) atoms. The molecule has 0 radical (unpaired) electrons. The second-order valence-corrected chi connectivity index (χ2v) is 6.62. The van der Waals surface area contributed by atoms with Gasteiger partial charge in [-0.05, 0) is 24.8 Å². The second kappa shape index (κ2) is 11.2. The van der Waals surface area contributed by atoms with E-state index in [0.717, 1.165) is 25.7 Å². The van der Waals surface area contributed by atoms with E-state index in [1.165, 1.54) is 13.3 Å². The zero-order valence-corrected chi connectivity index (χ0v) is 15.6. The maximum Gasteiger partial charge on any atom is 0.407 e. The normalized spacial score (nSPS) is 16.2. The molecule has 1 aromatic rings. The molecule has 1 aliphatic carbocycles. The highest BCUT2D eigenvalue weighted by Crippen LogP contribution is 2.38. The largest absolute Gasteiger partial charge is 0.481 e. The average molecular weight is 380 g/mol. The van der Waals surface area contributed by atoms with Gasteiger partial charge in [-0.3, -0.25) is 9.59 Å². The van der Waals surface area contributed by atoms with Crippen LogP contribution in [0.5, 0.6) is 0 Å². The van der Waals surface area contributed by atoms with Crippen LogP contribution >= 0.6 is 0 Å². The number of nitrogens with two attached hydrogens (primary N) is 2. The lowest BCUT2D eigenvalue weighted by Gasteiger charge is -2.34. The van der Waals surface area contributed by atoms with E-state index in [-0.39, 0.29) is 11.8 Å². The number of aliphatic carboxylic acids is 1. The van der Waals surface area contributed by atoms with Crippen LogP contribution in [0.2, 0.25) is 0 Å². The van der Waals surface area contributed by atoms with Crippen molar-refractivity contribution in [2.24, 2.45) is 16.9 Å². The number of hydrogen-bond acceptors (Lipinski definition) is 6. The number of carbonyl (C=O) groups excluding carboxylic acids is 2. The molecule has 1 amide bonds. The summed E-state index contributed by atoms with van der Waals surface area (Å²) in [4.78, 5) is 31.9. The minimum Gasteiger partial charge on any atom is -0.481 e. The summed E-state index contributed by atoms with van der Waals surface area (Å²) in [7, 11) is 0. The molecule has 150 valence electrons. The Kier molecular flexibility index (Phi) is 9.29. The summed E-state index contributed by atoms with van der Waals surface area (Å²) in [5, 5.41) is 8.71. The lowest BCUT2D eigenvalue weighted by Crippen LogP contribution is -2.34. The highest BCUT2D eigenvalue weighted by Gasteiger charge is 2.32. The molecule has 1 saturated carbocycles. The van der Waals surface area contributed by atoms with E-state index in [1.807, 2.05) is 0 Å². The molecule has 8 heteroatoms. The highest BCUT2D eigenvalue weighted by atomic mass is 16.7. The van der Waals surface area contributed by atoms with Crippen molar-refractivity contribution >= 4 is 18.0 Å². The Balaban J connectivity index is 0.000000277. The van der Waals surface area contributed by atoms with E-state index in [1.54, 1.807) is 30.3 Å². The number of ether oxygens (including phenoxy) is 2. The summed E-state index contributed by atoms with van der Waals surface area (Å²) in [6.45, 7) is 1.75. The summed E-state index contributed by atoms with van der Waals surface area (Å²) in [6.07, 6.45) is 3.69. The smallest absolute Gasteiger partial charge is 0.407 e. The maximum absolute atomic E-state index is 10.8. The van der Waals surface area contributed by atoms with Gasteiger partial charge in [0, 0.05) is 12.5 Å². The van der Waals surface area contributed by atoms with E-state index >= 15 is 0 Å². The zero-order valence-electron chi connectivity index (χ0n) is 15.6. The molecule has 2 rings (SSSR count). The van der Waals surface area contributed by atoms with Crippen LogP contribution in [0.25, 0.3) is 0 Å². The molecular formula is C19H28N2O6. The fraction of sp³-hybridized carbons (Fsp3) is 0.526. The lowest BCUT2D eigenvalue weighted by molar-refractivity contribution is -0.166. The Morgan fingerprint density at radius 1 is 1.11 bits per heavy atom. The number of hydrogen-bond donors (Lipinski definition) is 3. The van der Waals surface area contributed by atoms with Crippen LogP contribution in [0.4, 0.5) is 4.79 Å². The maximum atomic E-state index is 10.8. The van der Waals surface area contributed by atoms with Gasteiger partial charge < -0.3 is 26.0 Å². The third kappa shape index (κ3) is 8.54. The molecule has 0 saturated heterocycles. The summed E-state index contributed by atoms with van der Waals surface area (Å²) in [5.41, 5.74) is 10.9. The quantitative estimate of drug-likeness (QED) is 0.508. The summed E-state index contributed by atoms with van der Waals surface area (Å²) in [5.74, 6) is -1.26. The van der Waals surface area contributed by atoms with Gasteiger partial charge in [0.25, 0.3) is 6.29 Å². The van der Waals surface area contributed by atoms with Crippen molar-refractivity contribution in [3.63, 3.8) is 0 Å². The first-order valence-corrected chi connectivity index (χ1v) is 8.88. The Hall–Kier alpha value is -2.61. The monoisotopic (exact) mass is 380 g/mol. The molecule has 0 bridgehead atoms. The van der Waals surface area contributed by atoms with Crippen LogP contribution < -0.4 is 11.5 Å². The Morgan fingerprint density at radius 3 is 2.15 bits per heavy atom. The fourth-order valence-electron chi connectivity index (χ4n) is 3.10. The first kappa shape index (κ1) is 22.4. The molecule has 0 heterocycles. The lowest BCUT2D eigenvalue weighted by atomic mass is 9.72. The molecular weight excluding hydrogens is 352 g/mol. The van der Waals surface area contributed by atoms with Crippen molar-refractivity contribution < 1.29 is 29.0 Å². The minimum atomic E-state index is -1.08. The van der Waals surface area contributed by atoms with E-state index in [9.17, 15) is 14.4 Å². The standard InChI is InChI=1S/C10H11NO4.C9H17NO2/c1-7(12)14-9(15-10(11)13)8-5-3-2-4-6-8;10-7-9(6-8(11)12)4-2-1-3-5-9/h2-6,9H,1H3,(H2,11,13);1-7,10H2,(H,11,12). The van der Waals surface area contributed by atoms with Crippen molar-refractivity contribution in [2.75, 3.05) is 6.54 Å². The second-order valence-electron chi connectivity index (χ2n) is 6.62. The van der Waals surface area contributed by atoms with Gasteiger partial charge in [-0.15, -0.1) is 0 Å². The van der Waals surface area contributed by atoms with Gasteiger partial charge in [-0.2, -0.15) is 0 Å². The molecule has 0 aromatic heterocycles. The molecule has 8 nitrogen and oxygen atoms in total. The number of primary amides is 1. The minimum absolute atomic E-state index is 0.0793. The zero-order chi connectivity index (χ0) is 20.3. The van der Waals surface area contributed by atoms with Gasteiger partial charge in [0.1, 0.15) is 0 Å².